The van der Waals surface area contributed by atoms with Gasteiger partial charge in [-0.1, -0.05) is 25.4 Å². The van der Waals surface area contributed by atoms with E-state index in [1.807, 2.05) is 13.8 Å². The van der Waals surface area contributed by atoms with E-state index >= 15 is 0 Å². The van der Waals surface area contributed by atoms with Crippen molar-refractivity contribution in [1.29, 1.82) is 0 Å². The first-order valence-electron chi connectivity index (χ1n) is 5.15. The molecule has 1 aliphatic carbocycles. The molecule has 0 radical (unpaired) electrons. The minimum Gasteiger partial charge on any atom is -0.388 e. The zero-order valence-corrected chi connectivity index (χ0v) is 9.85. The van der Waals surface area contributed by atoms with Crippen molar-refractivity contribution < 1.29 is 13.9 Å². The number of aliphatic hydroxyl groups excluding tert-OH is 1. The summed E-state index contributed by atoms with van der Waals surface area (Å²) in [5.41, 5.74) is 0.323. The smallest absolute Gasteiger partial charge is 0.160 e. The molecular formula is C12H13ClF2O. The molecule has 88 valence electrons. The number of benzene rings is 1. The highest BCUT2D eigenvalue weighted by atomic mass is 35.5. The zero-order valence-electron chi connectivity index (χ0n) is 9.10. The molecule has 4 heteroatoms. The number of aliphatic hydroxyl groups is 1. The molecule has 0 heterocycles. The summed E-state index contributed by atoms with van der Waals surface area (Å²) in [5, 5.41) is 10.1. The molecular weight excluding hydrogens is 234 g/mol. The minimum atomic E-state index is -0.990. The molecule has 1 aliphatic rings. The van der Waals surface area contributed by atoms with E-state index in [-0.39, 0.29) is 21.9 Å². The van der Waals surface area contributed by atoms with Crippen LogP contribution in [0.3, 0.4) is 0 Å². The van der Waals surface area contributed by atoms with Crippen molar-refractivity contribution in [2.24, 2.45) is 11.3 Å². The lowest BCUT2D eigenvalue weighted by Crippen LogP contribution is -2.06. The Morgan fingerprint density at radius 1 is 1.38 bits per heavy atom. The highest BCUT2D eigenvalue weighted by Crippen LogP contribution is 2.58. The summed E-state index contributed by atoms with van der Waals surface area (Å²) in [5.74, 6) is -1.90. The van der Waals surface area contributed by atoms with Gasteiger partial charge in [-0.2, -0.15) is 0 Å². The van der Waals surface area contributed by atoms with E-state index in [1.165, 1.54) is 0 Å². The second kappa shape index (κ2) is 3.67. The Labute approximate surface area is 98.0 Å². The minimum absolute atomic E-state index is 0.0492. The van der Waals surface area contributed by atoms with Gasteiger partial charge in [0.05, 0.1) is 6.10 Å². The van der Waals surface area contributed by atoms with Crippen LogP contribution >= 0.6 is 11.6 Å². The fraction of sp³-hybridized carbons (Fsp3) is 0.500. The van der Waals surface area contributed by atoms with Gasteiger partial charge in [-0.3, -0.25) is 0 Å². The second-order valence-corrected chi connectivity index (χ2v) is 5.44. The summed E-state index contributed by atoms with van der Waals surface area (Å²) in [7, 11) is 0. The summed E-state index contributed by atoms with van der Waals surface area (Å²) in [4.78, 5) is 0. The summed E-state index contributed by atoms with van der Waals surface area (Å²) >= 11 is 5.79. The predicted octanol–water partition coefficient (Wildman–Crippen LogP) is 3.70. The van der Waals surface area contributed by atoms with Crippen LogP contribution in [0, 0.1) is 23.0 Å². The molecule has 0 aliphatic heterocycles. The molecule has 0 bridgehead atoms. The van der Waals surface area contributed by atoms with Crippen LogP contribution < -0.4 is 0 Å². The molecule has 2 atom stereocenters. The third-order valence-corrected chi connectivity index (χ3v) is 3.66. The van der Waals surface area contributed by atoms with Gasteiger partial charge in [0.1, 0.15) is 0 Å². The van der Waals surface area contributed by atoms with Crippen LogP contribution in [-0.2, 0) is 0 Å². The van der Waals surface area contributed by atoms with Crippen LogP contribution in [0.1, 0.15) is 31.9 Å². The highest BCUT2D eigenvalue weighted by Gasteiger charge is 2.50. The predicted molar refractivity (Wildman–Crippen MR) is 58.2 cm³/mol. The molecule has 1 saturated carbocycles. The van der Waals surface area contributed by atoms with Crippen LogP contribution in [0.25, 0.3) is 0 Å². The van der Waals surface area contributed by atoms with E-state index in [1.54, 1.807) is 0 Å². The van der Waals surface area contributed by atoms with Gasteiger partial charge in [0.2, 0.25) is 0 Å². The lowest BCUT2D eigenvalue weighted by Gasteiger charge is -2.14. The summed E-state index contributed by atoms with van der Waals surface area (Å²) < 4.78 is 25.9. The molecule has 1 fully saturated rings. The number of hydrogen-bond donors (Lipinski definition) is 1. The molecule has 0 saturated heterocycles. The van der Waals surface area contributed by atoms with Crippen LogP contribution in [0.2, 0.25) is 5.02 Å². The maximum Gasteiger partial charge on any atom is 0.160 e. The highest BCUT2D eigenvalue weighted by molar-refractivity contribution is 6.31. The quantitative estimate of drug-likeness (QED) is 0.789. The Morgan fingerprint density at radius 3 is 2.38 bits per heavy atom. The fourth-order valence-electron chi connectivity index (χ4n) is 2.03. The molecule has 0 spiro atoms. The van der Waals surface area contributed by atoms with E-state index in [0.717, 1.165) is 18.6 Å². The maximum absolute atomic E-state index is 13.1. The number of rotatable bonds is 2. The summed E-state index contributed by atoms with van der Waals surface area (Å²) in [6.45, 7) is 4.04. The average molecular weight is 247 g/mol. The van der Waals surface area contributed by atoms with Crippen molar-refractivity contribution in [3.05, 3.63) is 34.4 Å². The molecule has 1 aromatic carbocycles. The first-order chi connectivity index (χ1) is 7.33. The van der Waals surface area contributed by atoms with Crippen LogP contribution in [0.15, 0.2) is 12.1 Å². The zero-order chi connectivity index (χ0) is 12.1. The number of hydrogen-bond acceptors (Lipinski definition) is 1. The Morgan fingerprint density at radius 2 is 1.88 bits per heavy atom. The third kappa shape index (κ3) is 1.94. The first-order valence-corrected chi connectivity index (χ1v) is 5.53. The largest absolute Gasteiger partial charge is 0.388 e. The van der Waals surface area contributed by atoms with Crippen molar-refractivity contribution in [2.75, 3.05) is 0 Å². The van der Waals surface area contributed by atoms with E-state index in [4.69, 9.17) is 11.6 Å². The standard InChI is InChI=1S/C12H13ClF2O/c1-12(2)5-7(12)11(16)6-3-9(14)10(15)4-8(6)13/h3-4,7,11,16H,5H2,1-2H3. The number of halogens is 3. The monoisotopic (exact) mass is 246 g/mol. The van der Waals surface area contributed by atoms with E-state index < -0.39 is 17.7 Å². The summed E-state index contributed by atoms with van der Waals surface area (Å²) in [6.07, 6.45) is 0.0429. The Bertz CT molecular complexity index is 431. The molecule has 1 N–H and O–H groups in total. The Kier molecular flexibility index (Phi) is 2.71. The lowest BCUT2D eigenvalue weighted by molar-refractivity contribution is 0.138. The fourth-order valence-corrected chi connectivity index (χ4v) is 2.29. The van der Waals surface area contributed by atoms with Gasteiger partial charge < -0.3 is 5.11 Å². The van der Waals surface area contributed by atoms with Gasteiger partial charge >= 0.3 is 0 Å². The maximum atomic E-state index is 13.1. The van der Waals surface area contributed by atoms with Crippen LogP contribution in [-0.4, -0.2) is 5.11 Å². The van der Waals surface area contributed by atoms with E-state index in [2.05, 4.69) is 0 Å². The lowest BCUT2D eigenvalue weighted by atomic mass is 9.99. The van der Waals surface area contributed by atoms with Gasteiger partial charge in [-0.15, -0.1) is 0 Å². The van der Waals surface area contributed by atoms with E-state index in [9.17, 15) is 13.9 Å². The average Bonchev–Trinajstić information content (AvgIpc) is 2.80. The molecule has 2 unspecified atom stereocenters. The van der Waals surface area contributed by atoms with Gasteiger partial charge in [-0.25, -0.2) is 8.78 Å². The van der Waals surface area contributed by atoms with Crippen LogP contribution in [0.4, 0.5) is 8.78 Å². The van der Waals surface area contributed by atoms with E-state index in [0.29, 0.717) is 0 Å². The van der Waals surface area contributed by atoms with Gasteiger partial charge in [0.25, 0.3) is 0 Å². The van der Waals surface area contributed by atoms with Gasteiger partial charge in [0, 0.05) is 10.6 Å². The molecule has 0 amide bonds. The van der Waals surface area contributed by atoms with Crippen molar-refractivity contribution in [1.82, 2.24) is 0 Å². The van der Waals surface area contributed by atoms with Gasteiger partial charge in [-0.05, 0) is 29.9 Å². The van der Waals surface area contributed by atoms with Crippen molar-refractivity contribution >= 4 is 11.6 Å². The molecule has 0 aromatic heterocycles. The summed E-state index contributed by atoms with van der Waals surface area (Å²) in [6, 6.07) is 1.89. The van der Waals surface area contributed by atoms with Crippen molar-refractivity contribution in [3.63, 3.8) is 0 Å². The Balaban J connectivity index is 2.31. The SMILES string of the molecule is CC1(C)CC1C(O)c1cc(F)c(F)cc1Cl. The molecule has 16 heavy (non-hydrogen) atoms. The Hall–Kier alpha value is -0.670. The van der Waals surface area contributed by atoms with Gasteiger partial charge in [0.15, 0.2) is 11.6 Å². The third-order valence-electron chi connectivity index (χ3n) is 3.33. The molecule has 2 rings (SSSR count). The first kappa shape index (κ1) is 11.8. The normalized spacial score (nSPS) is 24.2. The van der Waals surface area contributed by atoms with Crippen LogP contribution in [0.5, 0.6) is 0 Å². The molecule has 1 nitrogen and oxygen atoms in total. The van der Waals surface area contributed by atoms with Crippen molar-refractivity contribution in [3.8, 4) is 0 Å². The molecule has 1 aromatic rings. The second-order valence-electron chi connectivity index (χ2n) is 5.03. The topological polar surface area (TPSA) is 20.2 Å². The van der Waals surface area contributed by atoms with Crippen molar-refractivity contribution in [2.45, 2.75) is 26.4 Å².